The van der Waals surface area contributed by atoms with Gasteiger partial charge in [0, 0.05) is 29.8 Å². The number of nitro groups is 1. The quantitative estimate of drug-likeness (QED) is 0.485. The van der Waals surface area contributed by atoms with Gasteiger partial charge in [0.05, 0.1) is 17.6 Å². The van der Waals surface area contributed by atoms with Crippen molar-refractivity contribution in [2.45, 2.75) is 25.8 Å². The van der Waals surface area contributed by atoms with E-state index in [0.717, 1.165) is 12.6 Å². The normalized spacial score (nSPS) is 19.8. The van der Waals surface area contributed by atoms with Gasteiger partial charge in [0.1, 0.15) is 0 Å². The molecule has 1 heterocycles. The fraction of sp³-hybridized carbons (Fsp3) is 0.467. The predicted molar refractivity (Wildman–Crippen MR) is 90.5 cm³/mol. The van der Waals surface area contributed by atoms with E-state index in [-0.39, 0.29) is 47.2 Å². The van der Waals surface area contributed by atoms with E-state index in [1.54, 1.807) is 0 Å². The second kappa shape index (κ2) is 8.60. The summed E-state index contributed by atoms with van der Waals surface area (Å²) in [4.78, 5) is 34.3. The van der Waals surface area contributed by atoms with Crippen molar-refractivity contribution in [1.29, 1.82) is 0 Å². The predicted octanol–water partition coefficient (Wildman–Crippen LogP) is 2.13. The number of nitro benzene ring substituents is 1. The Hall–Kier alpha value is -2.19. The molecule has 2 rings (SSSR count). The molecule has 1 aliphatic rings. The maximum atomic E-state index is 12.3. The highest BCUT2D eigenvalue weighted by molar-refractivity contribution is 5.96. The zero-order valence-electron chi connectivity index (χ0n) is 13.4. The van der Waals surface area contributed by atoms with Crippen LogP contribution in [0.1, 0.15) is 30.1 Å². The van der Waals surface area contributed by atoms with Crippen LogP contribution in [0, 0.1) is 16.0 Å². The highest BCUT2D eigenvalue weighted by atomic mass is 35.5. The van der Waals surface area contributed by atoms with E-state index in [1.165, 1.54) is 19.2 Å². The van der Waals surface area contributed by atoms with Crippen LogP contribution in [0.5, 0.6) is 0 Å². The van der Waals surface area contributed by atoms with Gasteiger partial charge in [0.15, 0.2) is 0 Å². The van der Waals surface area contributed by atoms with Crippen molar-refractivity contribution in [1.82, 2.24) is 5.32 Å². The lowest BCUT2D eigenvalue weighted by Gasteiger charge is -2.27. The number of carbonyl (C=O) groups excluding carboxylic acids is 2. The maximum absolute atomic E-state index is 12.3. The van der Waals surface area contributed by atoms with Gasteiger partial charge >= 0.3 is 5.97 Å². The van der Waals surface area contributed by atoms with Crippen LogP contribution in [0.3, 0.4) is 0 Å². The molecule has 0 aliphatic carbocycles. The Morgan fingerprint density at radius 2 is 2.08 bits per heavy atom. The van der Waals surface area contributed by atoms with E-state index in [4.69, 9.17) is 0 Å². The Bertz CT molecular complexity index is 638. The molecular weight excluding hydrogens is 338 g/mol. The van der Waals surface area contributed by atoms with Gasteiger partial charge in [-0.05, 0) is 32.4 Å². The Morgan fingerprint density at radius 3 is 2.67 bits per heavy atom. The summed E-state index contributed by atoms with van der Waals surface area (Å²) in [6, 6.07) is 3.97. The third-order valence-electron chi connectivity index (χ3n) is 3.81. The minimum Gasteiger partial charge on any atom is -0.465 e. The minimum atomic E-state index is -0.695. The molecule has 0 spiro atoms. The summed E-state index contributed by atoms with van der Waals surface area (Å²) >= 11 is 0. The summed E-state index contributed by atoms with van der Waals surface area (Å²) in [5.74, 6) is -1.05. The average Bonchev–Trinajstić information content (AvgIpc) is 2.53. The van der Waals surface area contributed by atoms with Crippen molar-refractivity contribution in [3.05, 3.63) is 33.9 Å². The molecule has 0 saturated carbocycles. The molecule has 24 heavy (non-hydrogen) atoms. The van der Waals surface area contributed by atoms with Gasteiger partial charge < -0.3 is 15.4 Å². The van der Waals surface area contributed by atoms with E-state index in [1.807, 2.05) is 6.92 Å². The van der Waals surface area contributed by atoms with Crippen molar-refractivity contribution in [3.63, 3.8) is 0 Å². The minimum absolute atomic E-state index is 0. The number of esters is 1. The molecule has 1 aromatic rings. The summed E-state index contributed by atoms with van der Waals surface area (Å²) in [6.45, 7) is 2.75. The molecule has 2 N–H and O–H groups in total. The number of nitrogens with zero attached hydrogens (tertiary/aromatic N) is 1. The van der Waals surface area contributed by atoms with E-state index < -0.39 is 10.9 Å². The monoisotopic (exact) mass is 357 g/mol. The van der Waals surface area contributed by atoms with Crippen LogP contribution >= 0.6 is 12.4 Å². The highest BCUT2D eigenvalue weighted by Gasteiger charge is 2.25. The number of piperidine rings is 1. The fourth-order valence-electron chi connectivity index (χ4n) is 2.64. The fourth-order valence-corrected chi connectivity index (χ4v) is 2.64. The number of benzene rings is 1. The molecule has 0 aromatic heterocycles. The molecule has 0 unspecified atom stereocenters. The summed E-state index contributed by atoms with van der Waals surface area (Å²) in [6.07, 6.45) is 1.40. The molecule has 1 aromatic carbocycles. The molecule has 2 atom stereocenters. The lowest BCUT2D eigenvalue weighted by molar-refractivity contribution is -0.384. The molecule has 1 saturated heterocycles. The molecule has 0 bridgehead atoms. The SMILES string of the molecule is COC(=O)c1cc(NC(=O)[C@H]2CCN[C@@H](C)C2)cc([N+](=O)[O-])c1.Cl. The number of anilines is 1. The van der Waals surface area contributed by atoms with Crippen molar-refractivity contribution >= 4 is 35.7 Å². The third-order valence-corrected chi connectivity index (χ3v) is 3.81. The van der Waals surface area contributed by atoms with Gasteiger partial charge in [0.2, 0.25) is 5.91 Å². The van der Waals surface area contributed by atoms with Crippen LogP contribution in [-0.4, -0.2) is 36.5 Å². The zero-order valence-corrected chi connectivity index (χ0v) is 14.2. The third kappa shape index (κ3) is 4.90. The summed E-state index contributed by atoms with van der Waals surface area (Å²) in [5, 5.41) is 16.9. The molecule has 1 amide bonds. The van der Waals surface area contributed by atoms with Crippen molar-refractivity contribution in [2.75, 3.05) is 19.0 Å². The van der Waals surface area contributed by atoms with Crippen LogP contribution in [0.25, 0.3) is 0 Å². The molecule has 0 radical (unpaired) electrons. The summed E-state index contributed by atoms with van der Waals surface area (Å²) in [7, 11) is 1.19. The number of methoxy groups -OCH3 is 1. The van der Waals surface area contributed by atoms with E-state index >= 15 is 0 Å². The number of rotatable bonds is 4. The molecule has 9 heteroatoms. The van der Waals surface area contributed by atoms with Crippen molar-refractivity contribution in [3.8, 4) is 0 Å². The number of nitrogens with one attached hydrogen (secondary N) is 2. The Morgan fingerprint density at radius 1 is 1.38 bits per heavy atom. The number of non-ortho nitro benzene ring substituents is 1. The number of hydrogen-bond acceptors (Lipinski definition) is 6. The topological polar surface area (TPSA) is 111 Å². The smallest absolute Gasteiger partial charge is 0.338 e. The molecule has 132 valence electrons. The van der Waals surface area contributed by atoms with Gasteiger partial charge in [0.25, 0.3) is 5.69 Å². The van der Waals surface area contributed by atoms with E-state index in [2.05, 4.69) is 15.4 Å². The van der Waals surface area contributed by atoms with Crippen LogP contribution in [0.4, 0.5) is 11.4 Å². The van der Waals surface area contributed by atoms with Crippen LogP contribution in [0.15, 0.2) is 18.2 Å². The lowest BCUT2D eigenvalue weighted by Crippen LogP contribution is -2.40. The standard InChI is InChI=1S/C15H19N3O5.ClH/c1-9-5-10(3-4-16-9)14(19)17-12-6-11(15(20)23-2)7-13(8-12)18(21)22;/h6-10,16H,3-5H2,1-2H3,(H,17,19);1H/t9-,10-;/m0./s1. The van der Waals surface area contributed by atoms with Gasteiger partial charge in [-0.3, -0.25) is 14.9 Å². The average molecular weight is 358 g/mol. The summed E-state index contributed by atoms with van der Waals surface area (Å²) in [5.41, 5.74) is -0.0339. The summed E-state index contributed by atoms with van der Waals surface area (Å²) < 4.78 is 4.58. The van der Waals surface area contributed by atoms with E-state index in [9.17, 15) is 19.7 Å². The van der Waals surface area contributed by atoms with Crippen LogP contribution in [-0.2, 0) is 9.53 Å². The highest BCUT2D eigenvalue weighted by Crippen LogP contribution is 2.24. The van der Waals surface area contributed by atoms with Crippen LogP contribution < -0.4 is 10.6 Å². The van der Waals surface area contributed by atoms with Gasteiger partial charge in [-0.25, -0.2) is 4.79 Å². The van der Waals surface area contributed by atoms with Crippen molar-refractivity contribution < 1.29 is 19.2 Å². The largest absolute Gasteiger partial charge is 0.465 e. The second-order valence-corrected chi connectivity index (χ2v) is 5.58. The first-order chi connectivity index (χ1) is 10.9. The van der Waals surface area contributed by atoms with Crippen molar-refractivity contribution in [2.24, 2.45) is 5.92 Å². The Kier molecular flexibility index (Phi) is 7.12. The van der Waals surface area contributed by atoms with Gasteiger partial charge in [-0.2, -0.15) is 0 Å². The second-order valence-electron chi connectivity index (χ2n) is 5.58. The first kappa shape index (κ1) is 19.9. The lowest BCUT2D eigenvalue weighted by atomic mass is 9.92. The van der Waals surface area contributed by atoms with Gasteiger partial charge in [-0.15, -0.1) is 12.4 Å². The first-order valence-corrected chi connectivity index (χ1v) is 7.32. The zero-order chi connectivity index (χ0) is 17.0. The molecule has 1 fully saturated rings. The number of amides is 1. The maximum Gasteiger partial charge on any atom is 0.338 e. The molecule has 8 nitrogen and oxygen atoms in total. The number of hydrogen-bond donors (Lipinski definition) is 2. The van der Waals surface area contributed by atoms with Gasteiger partial charge in [-0.1, -0.05) is 0 Å². The Labute approximate surface area is 145 Å². The first-order valence-electron chi connectivity index (χ1n) is 7.32. The number of ether oxygens (including phenoxy) is 1. The molecule has 1 aliphatic heterocycles. The number of halogens is 1. The number of carbonyl (C=O) groups is 2. The Balaban J connectivity index is 0.00000288. The molecular formula is C15H20ClN3O5. The van der Waals surface area contributed by atoms with E-state index in [0.29, 0.717) is 12.8 Å². The van der Waals surface area contributed by atoms with Crippen LogP contribution in [0.2, 0.25) is 0 Å².